The molecule has 2 aromatic rings. The molecule has 1 aliphatic rings. The Kier molecular flexibility index (Phi) is 3.69. The van der Waals surface area contributed by atoms with Crippen molar-refractivity contribution in [3.8, 4) is 11.5 Å². The Morgan fingerprint density at radius 3 is 2.29 bits per heavy atom. The van der Waals surface area contributed by atoms with Crippen molar-refractivity contribution >= 4 is 23.5 Å². The molecule has 0 atom stereocenters. The molecule has 2 amide bonds. The Balaban J connectivity index is 2.10. The van der Waals surface area contributed by atoms with Gasteiger partial charge in [-0.05, 0) is 30.3 Å². The molecule has 122 valence electrons. The zero-order valence-electron chi connectivity index (χ0n) is 12.9. The lowest BCUT2D eigenvalue weighted by atomic mass is 10.1. The molecule has 0 fully saturated rings. The molecule has 0 saturated heterocycles. The van der Waals surface area contributed by atoms with Crippen molar-refractivity contribution in [1.82, 2.24) is 0 Å². The van der Waals surface area contributed by atoms with E-state index < -0.39 is 17.8 Å². The number of carboxylic acids is 1. The number of nitrogens with zero attached hydrogens (tertiary/aromatic N) is 1. The number of carbonyl (C=O) groups is 3. The Hall–Kier alpha value is -3.35. The van der Waals surface area contributed by atoms with Crippen LogP contribution in [0.15, 0.2) is 36.4 Å². The Morgan fingerprint density at radius 1 is 0.958 bits per heavy atom. The predicted molar refractivity (Wildman–Crippen MR) is 84.1 cm³/mol. The van der Waals surface area contributed by atoms with Crippen molar-refractivity contribution in [3.63, 3.8) is 0 Å². The molecular weight excluding hydrogens is 314 g/mol. The second kappa shape index (κ2) is 5.69. The van der Waals surface area contributed by atoms with Gasteiger partial charge >= 0.3 is 5.97 Å². The molecule has 3 rings (SSSR count). The highest BCUT2D eigenvalue weighted by atomic mass is 16.5. The van der Waals surface area contributed by atoms with Crippen LogP contribution in [0.3, 0.4) is 0 Å². The number of amides is 2. The van der Waals surface area contributed by atoms with Crippen LogP contribution in [0.25, 0.3) is 0 Å². The average molecular weight is 327 g/mol. The number of fused-ring (bicyclic) bond motifs is 1. The lowest BCUT2D eigenvalue weighted by Gasteiger charge is -2.17. The summed E-state index contributed by atoms with van der Waals surface area (Å²) in [7, 11) is 2.91. The summed E-state index contributed by atoms with van der Waals surface area (Å²) in [5.74, 6) is -1.49. The second-order valence-corrected chi connectivity index (χ2v) is 5.05. The van der Waals surface area contributed by atoms with Crippen LogP contribution in [0.5, 0.6) is 11.5 Å². The van der Waals surface area contributed by atoms with E-state index >= 15 is 0 Å². The van der Waals surface area contributed by atoms with Gasteiger partial charge in [-0.2, -0.15) is 0 Å². The van der Waals surface area contributed by atoms with Crippen molar-refractivity contribution in [2.75, 3.05) is 19.1 Å². The number of carbonyl (C=O) groups excluding carboxylic acids is 2. The number of carboxylic acid groups (broad SMARTS) is 1. The largest absolute Gasteiger partial charge is 0.497 e. The minimum atomic E-state index is -1.17. The number of rotatable bonds is 4. The first-order valence-corrected chi connectivity index (χ1v) is 6.96. The third kappa shape index (κ3) is 2.26. The zero-order chi connectivity index (χ0) is 17.4. The lowest BCUT2D eigenvalue weighted by Crippen LogP contribution is -2.29. The molecule has 2 aromatic carbocycles. The molecule has 24 heavy (non-hydrogen) atoms. The maximum absolute atomic E-state index is 12.6. The summed E-state index contributed by atoms with van der Waals surface area (Å²) in [6.07, 6.45) is 0. The maximum atomic E-state index is 12.6. The molecule has 0 aromatic heterocycles. The van der Waals surface area contributed by atoms with Crippen LogP contribution in [-0.4, -0.2) is 37.1 Å². The highest BCUT2D eigenvalue weighted by molar-refractivity contribution is 6.35. The number of benzene rings is 2. The van der Waals surface area contributed by atoms with Gasteiger partial charge in [-0.1, -0.05) is 0 Å². The fourth-order valence-corrected chi connectivity index (χ4v) is 2.56. The number of methoxy groups -OCH3 is 2. The monoisotopic (exact) mass is 327 g/mol. The van der Waals surface area contributed by atoms with Gasteiger partial charge in [-0.15, -0.1) is 0 Å². The molecular formula is C17H13NO6. The van der Waals surface area contributed by atoms with Crippen LogP contribution in [-0.2, 0) is 0 Å². The minimum absolute atomic E-state index is 0.0535. The van der Waals surface area contributed by atoms with Gasteiger partial charge in [0.05, 0.1) is 36.6 Å². The molecule has 1 aliphatic heterocycles. The topological polar surface area (TPSA) is 93.1 Å². The van der Waals surface area contributed by atoms with E-state index in [1.165, 1.54) is 38.5 Å². The van der Waals surface area contributed by atoms with Crippen molar-refractivity contribution < 1.29 is 29.0 Å². The zero-order valence-corrected chi connectivity index (χ0v) is 12.9. The summed E-state index contributed by atoms with van der Waals surface area (Å²) < 4.78 is 10.3. The fourth-order valence-electron chi connectivity index (χ4n) is 2.56. The Labute approximate surface area is 137 Å². The number of aromatic carboxylic acids is 1. The van der Waals surface area contributed by atoms with E-state index in [0.29, 0.717) is 11.5 Å². The summed E-state index contributed by atoms with van der Waals surface area (Å²) in [6.45, 7) is 0. The SMILES string of the molecule is COc1ccc(N2C(=O)c3ccc(C(=O)O)cc3C2=O)c(OC)c1. The molecule has 1 heterocycles. The van der Waals surface area contributed by atoms with Crippen LogP contribution in [0.4, 0.5) is 5.69 Å². The van der Waals surface area contributed by atoms with Crippen LogP contribution in [0.1, 0.15) is 31.1 Å². The normalized spacial score (nSPS) is 13.0. The number of imide groups is 1. The molecule has 7 nitrogen and oxygen atoms in total. The van der Waals surface area contributed by atoms with E-state index in [1.54, 1.807) is 12.1 Å². The third-order valence-corrected chi connectivity index (χ3v) is 3.76. The summed E-state index contributed by atoms with van der Waals surface area (Å²) in [5, 5.41) is 9.05. The molecule has 1 N–H and O–H groups in total. The van der Waals surface area contributed by atoms with Crippen molar-refractivity contribution in [2.24, 2.45) is 0 Å². The van der Waals surface area contributed by atoms with Crippen molar-refractivity contribution in [2.45, 2.75) is 0 Å². The number of hydrogen-bond acceptors (Lipinski definition) is 5. The van der Waals surface area contributed by atoms with Gasteiger partial charge in [-0.25, -0.2) is 9.69 Å². The van der Waals surface area contributed by atoms with Crippen LogP contribution in [0, 0.1) is 0 Å². The van der Waals surface area contributed by atoms with E-state index in [1.807, 2.05) is 0 Å². The molecule has 0 aliphatic carbocycles. The summed E-state index contributed by atoms with van der Waals surface area (Å²) >= 11 is 0. The number of ether oxygens (including phenoxy) is 2. The first-order chi connectivity index (χ1) is 11.5. The third-order valence-electron chi connectivity index (χ3n) is 3.76. The standard InChI is InChI=1S/C17H13NO6/c1-23-10-4-6-13(14(8-10)24-2)18-15(19)11-5-3-9(17(21)22)7-12(11)16(18)20/h3-8H,1-2H3,(H,21,22). The molecule has 0 spiro atoms. The summed E-state index contributed by atoms with van der Waals surface area (Å²) in [4.78, 5) is 37.2. The summed E-state index contributed by atoms with van der Waals surface area (Å²) in [6, 6.07) is 8.53. The quantitative estimate of drug-likeness (QED) is 0.865. The van der Waals surface area contributed by atoms with Crippen molar-refractivity contribution in [1.29, 1.82) is 0 Å². The van der Waals surface area contributed by atoms with Gasteiger partial charge in [-0.3, -0.25) is 9.59 Å². The van der Waals surface area contributed by atoms with Gasteiger partial charge in [0, 0.05) is 6.07 Å². The maximum Gasteiger partial charge on any atom is 0.335 e. The lowest BCUT2D eigenvalue weighted by molar-refractivity contribution is 0.0696. The van der Waals surface area contributed by atoms with E-state index in [4.69, 9.17) is 14.6 Å². The Bertz CT molecular complexity index is 873. The van der Waals surface area contributed by atoms with E-state index in [2.05, 4.69) is 0 Å². The van der Waals surface area contributed by atoms with E-state index in [-0.39, 0.29) is 22.4 Å². The van der Waals surface area contributed by atoms with E-state index in [9.17, 15) is 14.4 Å². The van der Waals surface area contributed by atoms with Gasteiger partial charge in [0.1, 0.15) is 11.5 Å². The van der Waals surface area contributed by atoms with Crippen LogP contribution < -0.4 is 14.4 Å². The first kappa shape index (κ1) is 15.5. The smallest absolute Gasteiger partial charge is 0.335 e. The minimum Gasteiger partial charge on any atom is -0.497 e. The number of anilines is 1. The molecule has 0 saturated carbocycles. The predicted octanol–water partition coefficient (Wildman–Crippen LogP) is 2.20. The van der Waals surface area contributed by atoms with Crippen LogP contribution in [0.2, 0.25) is 0 Å². The highest BCUT2D eigenvalue weighted by Crippen LogP contribution is 2.37. The summed E-state index contributed by atoms with van der Waals surface area (Å²) in [5.41, 5.74) is 0.417. The van der Waals surface area contributed by atoms with Gasteiger partial charge in [0.25, 0.3) is 11.8 Å². The van der Waals surface area contributed by atoms with E-state index in [0.717, 1.165) is 4.90 Å². The van der Waals surface area contributed by atoms with Crippen molar-refractivity contribution in [3.05, 3.63) is 53.1 Å². The molecule has 0 unspecified atom stereocenters. The van der Waals surface area contributed by atoms with Gasteiger partial charge in [0.2, 0.25) is 0 Å². The van der Waals surface area contributed by atoms with Crippen LogP contribution >= 0.6 is 0 Å². The molecule has 0 radical (unpaired) electrons. The Morgan fingerprint density at radius 2 is 1.67 bits per heavy atom. The molecule has 7 heteroatoms. The number of hydrogen-bond donors (Lipinski definition) is 1. The second-order valence-electron chi connectivity index (χ2n) is 5.05. The van der Waals surface area contributed by atoms with Gasteiger partial charge < -0.3 is 14.6 Å². The average Bonchev–Trinajstić information content (AvgIpc) is 2.84. The highest BCUT2D eigenvalue weighted by Gasteiger charge is 2.38. The molecule has 0 bridgehead atoms. The van der Waals surface area contributed by atoms with Gasteiger partial charge in [0.15, 0.2) is 0 Å². The first-order valence-electron chi connectivity index (χ1n) is 6.96. The fraction of sp³-hybridized carbons (Fsp3) is 0.118.